The van der Waals surface area contributed by atoms with Crippen LogP contribution in [0.1, 0.15) is 6.42 Å². The summed E-state index contributed by atoms with van der Waals surface area (Å²) in [6, 6.07) is 0. The Morgan fingerprint density at radius 2 is 1.58 bits per heavy atom. The molecule has 3 rings (SSSR count). The van der Waals surface area contributed by atoms with Gasteiger partial charge >= 0.3 is 11.9 Å². The molecule has 0 radical (unpaired) electrons. The minimum Gasteiger partial charge on any atom is -0.393 e. The predicted octanol–water partition coefficient (Wildman–Crippen LogP) is 0.508. The van der Waals surface area contributed by atoms with Crippen LogP contribution < -0.4 is 0 Å². The van der Waals surface area contributed by atoms with Crippen molar-refractivity contribution in [2.24, 2.45) is 23.7 Å². The zero-order valence-corrected chi connectivity index (χ0v) is 6.40. The third-order valence-corrected chi connectivity index (χ3v) is 3.20. The molecular formula is C9H8O3. The maximum atomic E-state index is 11.2. The molecule has 2 aliphatic carbocycles. The third-order valence-electron chi connectivity index (χ3n) is 3.20. The van der Waals surface area contributed by atoms with Gasteiger partial charge in [-0.05, 0) is 18.3 Å². The van der Waals surface area contributed by atoms with Crippen LogP contribution in [0.4, 0.5) is 0 Å². The molecule has 3 heteroatoms. The number of hydrogen-bond donors (Lipinski definition) is 0. The monoisotopic (exact) mass is 164 g/mol. The highest BCUT2D eigenvalue weighted by Crippen LogP contribution is 2.51. The quantitative estimate of drug-likeness (QED) is 0.297. The van der Waals surface area contributed by atoms with Crippen LogP contribution in [0.5, 0.6) is 0 Å². The van der Waals surface area contributed by atoms with Crippen LogP contribution in [-0.4, -0.2) is 11.9 Å². The number of carbonyl (C=O) groups excluding carboxylic acids is 2. The molecule has 62 valence electrons. The van der Waals surface area contributed by atoms with Gasteiger partial charge in [0.05, 0.1) is 11.8 Å². The average Bonchev–Trinajstić information content (AvgIpc) is 2.64. The molecule has 3 aliphatic rings. The van der Waals surface area contributed by atoms with E-state index in [1.54, 1.807) is 0 Å². The fraction of sp³-hybridized carbons (Fsp3) is 0.556. The molecule has 0 aromatic heterocycles. The van der Waals surface area contributed by atoms with E-state index in [2.05, 4.69) is 4.74 Å². The Hall–Kier alpha value is -1.12. The van der Waals surface area contributed by atoms with Crippen molar-refractivity contribution < 1.29 is 14.3 Å². The molecule has 0 aromatic rings. The van der Waals surface area contributed by atoms with Crippen molar-refractivity contribution in [1.82, 2.24) is 0 Å². The highest BCUT2D eigenvalue weighted by Gasteiger charge is 2.57. The van der Waals surface area contributed by atoms with Crippen LogP contribution in [0.2, 0.25) is 0 Å². The van der Waals surface area contributed by atoms with Crippen LogP contribution in [0, 0.1) is 23.7 Å². The van der Waals surface area contributed by atoms with Crippen molar-refractivity contribution in [2.75, 3.05) is 0 Å². The van der Waals surface area contributed by atoms with E-state index in [1.807, 2.05) is 12.2 Å². The van der Waals surface area contributed by atoms with Crippen molar-refractivity contribution in [3.63, 3.8) is 0 Å². The zero-order valence-electron chi connectivity index (χ0n) is 6.40. The molecule has 3 nitrogen and oxygen atoms in total. The largest absolute Gasteiger partial charge is 0.393 e. The molecule has 1 saturated carbocycles. The summed E-state index contributed by atoms with van der Waals surface area (Å²) in [5.74, 6) is -0.346. The summed E-state index contributed by atoms with van der Waals surface area (Å²) in [5, 5.41) is 0. The van der Waals surface area contributed by atoms with E-state index in [-0.39, 0.29) is 35.6 Å². The standard InChI is InChI=1S/C9H8O3/c10-8-6-4-1-2-5(3-4)7(6)9(11)12-8/h1-2,4-7H,3H2/t4-,5-,6-,7-/m0/s1. The SMILES string of the molecule is O=C1OC(=O)[C@@H]2[C@@H]1[C@H]1C=C[C@H]2C1. The molecule has 0 spiro atoms. The summed E-state index contributed by atoms with van der Waals surface area (Å²) in [6.07, 6.45) is 5.06. The summed E-state index contributed by atoms with van der Waals surface area (Å²) in [4.78, 5) is 22.4. The van der Waals surface area contributed by atoms with E-state index in [9.17, 15) is 9.59 Å². The smallest absolute Gasteiger partial charge is 0.318 e. The first-order chi connectivity index (χ1) is 5.77. The summed E-state index contributed by atoms with van der Waals surface area (Å²) in [6.45, 7) is 0. The second-order valence-corrected chi connectivity index (χ2v) is 3.74. The van der Waals surface area contributed by atoms with Gasteiger partial charge in [0, 0.05) is 0 Å². The van der Waals surface area contributed by atoms with Gasteiger partial charge in [0.1, 0.15) is 0 Å². The van der Waals surface area contributed by atoms with Gasteiger partial charge in [-0.2, -0.15) is 0 Å². The van der Waals surface area contributed by atoms with Gasteiger partial charge in [-0.1, -0.05) is 12.2 Å². The van der Waals surface area contributed by atoms with Gasteiger partial charge in [0.15, 0.2) is 0 Å². The first-order valence-electron chi connectivity index (χ1n) is 4.21. The first kappa shape index (κ1) is 6.40. The molecule has 0 amide bonds. The van der Waals surface area contributed by atoms with Crippen molar-refractivity contribution in [1.29, 1.82) is 0 Å². The van der Waals surface area contributed by atoms with Crippen molar-refractivity contribution in [3.8, 4) is 0 Å². The number of fused-ring (bicyclic) bond motifs is 5. The zero-order chi connectivity index (χ0) is 8.29. The minimum atomic E-state index is -0.304. The van der Waals surface area contributed by atoms with Crippen LogP contribution in [0.3, 0.4) is 0 Å². The highest BCUT2D eigenvalue weighted by molar-refractivity contribution is 5.98. The Labute approximate surface area is 69.4 Å². The van der Waals surface area contributed by atoms with E-state index in [0.717, 1.165) is 6.42 Å². The summed E-state index contributed by atoms with van der Waals surface area (Å²) in [7, 11) is 0. The van der Waals surface area contributed by atoms with Crippen molar-refractivity contribution in [3.05, 3.63) is 12.2 Å². The molecule has 4 atom stereocenters. The van der Waals surface area contributed by atoms with Crippen LogP contribution in [-0.2, 0) is 14.3 Å². The number of carbonyl (C=O) groups is 2. The normalized spacial score (nSPS) is 48.3. The second-order valence-electron chi connectivity index (χ2n) is 3.74. The van der Waals surface area contributed by atoms with Gasteiger partial charge < -0.3 is 4.74 Å². The van der Waals surface area contributed by atoms with Gasteiger partial charge in [0.2, 0.25) is 0 Å². The Morgan fingerprint density at radius 3 is 2.08 bits per heavy atom. The number of rotatable bonds is 0. The third kappa shape index (κ3) is 0.543. The van der Waals surface area contributed by atoms with E-state index in [4.69, 9.17) is 0 Å². The Balaban J connectivity index is 2.08. The number of hydrogen-bond acceptors (Lipinski definition) is 3. The number of ether oxygens (including phenoxy) is 1. The topological polar surface area (TPSA) is 43.4 Å². The Bertz CT molecular complexity index is 277. The minimum absolute atomic E-state index is 0.146. The predicted molar refractivity (Wildman–Crippen MR) is 38.8 cm³/mol. The lowest BCUT2D eigenvalue weighted by Gasteiger charge is -2.12. The fourth-order valence-corrected chi connectivity index (χ4v) is 2.70. The molecule has 12 heavy (non-hydrogen) atoms. The highest BCUT2D eigenvalue weighted by atomic mass is 16.6. The fourth-order valence-electron chi connectivity index (χ4n) is 2.70. The molecule has 1 heterocycles. The van der Waals surface area contributed by atoms with Gasteiger partial charge in [-0.3, -0.25) is 9.59 Å². The number of allylic oxidation sites excluding steroid dienone is 2. The molecule has 1 saturated heterocycles. The molecule has 0 N–H and O–H groups in total. The maximum Gasteiger partial charge on any atom is 0.318 e. The van der Waals surface area contributed by atoms with Crippen molar-refractivity contribution >= 4 is 11.9 Å². The van der Waals surface area contributed by atoms with Crippen molar-refractivity contribution in [2.45, 2.75) is 6.42 Å². The van der Waals surface area contributed by atoms with E-state index in [1.165, 1.54) is 0 Å². The van der Waals surface area contributed by atoms with Gasteiger partial charge in [-0.15, -0.1) is 0 Å². The molecule has 0 aromatic carbocycles. The average molecular weight is 164 g/mol. The molecule has 0 unspecified atom stereocenters. The van der Waals surface area contributed by atoms with Gasteiger partial charge in [-0.25, -0.2) is 0 Å². The lowest BCUT2D eigenvalue weighted by molar-refractivity contribution is -0.154. The molecule has 1 aliphatic heterocycles. The summed E-state index contributed by atoms with van der Waals surface area (Å²) < 4.78 is 4.59. The first-order valence-corrected chi connectivity index (χ1v) is 4.21. The Morgan fingerprint density at radius 1 is 1.08 bits per heavy atom. The summed E-state index contributed by atoms with van der Waals surface area (Å²) in [5.41, 5.74) is 0. The molecule has 2 fully saturated rings. The molecule has 2 bridgehead atoms. The number of esters is 2. The second kappa shape index (κ2) is 1.79. The van der Waals surface area contributed by atoms with E-state index < -0.39 is 0 Å². The van der Waals surface area contributed by atoms with E-state index >= 15 is 0 Å². The lowest BCUT2D eigenvalue weighted by atomic mass is 9.85. The van der Waals surface area contributed by atoms with Crippen LogP contribution in [0.25, 0.3) is 0 Å². The molecular weight excluding hydrogens is 156 g/mol. The van der Waals surface area contributed by atoms with Crippen LogP contribution in [0.15, 0.2) is 12.2 Å². The van der Waals surface area contributed by atoms with Crippen LogP contribution >= 0.6 is 0 Å². The number of cyclic esters (lactones) is 2. The maximum absolute atomic E-state index is 11.2. The van der Waals surface area contributed by atoms with Gasteiger partial charge in [0.25, 0.3) is 0 Å². The summed E-state index contributed by atoms with van der Waals surface area (Å²) >= 11 is 0. The lowest BCUT2D eigenvalue weighted by Crippen LogP contribution is -2.21. The Kier molecular flexibility index (Phi) is 0.953. The van der Waals surface area contributed by atoms with E-state index in [0.29, 0.717) is 0 Å².